The molecule has 2 aliphatic rings. The normalized spacial score (nSPS) is 20.7. The van der Waals surface area contributed by atoms with Crippen LogP contribution < -0.4 is 0 Å². The van der Waals surface area contributed by atoms with Crippen LogP contribution in [0.1, 0.15) is 40.9 Å². The number of aromatic nitrogens is 1. The lowest BCUT2D eigenvalue weighted by Gasteiger charge is -2.11. The van der Waals surface area contributed by atoms with Gasteiger partial charge in [-0.15, -0.1) is 0 Å². The largest absolute Gasteiger partial charge is 0.463 e. The molecule has 0 unspecified atom stereocenters. The van der Waals surface area contributed by atoms with Gasteiger partial charge < -0.3 is 14.5 Å². The molecule has 2 heterocycles. The quantitative estimate of drug-likeness (QED) is 0.865. The standard InChI is InChI=1S/C17H17NO4/c19-16(22-15-7-8-21-17(15)20)10-5-6-14-12(9-10)11-3-1-2-4-13(11)18-14/h5-6,9,15,18H,1-4,7-8H2/t15-/m0/s1. The highest BCUT2D eigenvalue weighted by atomic mass is 16.6. The minimum atomic E-state index is -0.761. The Morgan fingerprint density at radius 3 is 2.95 bits per heavy atom. The van der Waals surface area contributed by atoms with Crippen LogP contribution in [0.2, 0.25) is 0 Å². The molecule has 1 atom stereocenters. The molecule has 0 bridgehead atoms. The maximum atomic E-state index is 12.2. The highest BCUT2D eigenvalue weighted by Crippen LogP contribution is 2.30. The van der Waals surface area contributed by atoms with Gasteiger partial charge in [0, 0.05) is 23.0 Å². The molecule has 4 rings (SSSR count). The number of aryl methyl sites for hydroxylation is 2. The Bertz CT molecular complexity index is 761. The molecule has 0 spiro atoms. The molecule has 114 valence electrons. The summed E-state index contributed by atoms with van der Waals surface area (Å²) in [5.74, 6) is -0.912. The summed E-state index contributed by atoms with van der Waals surface area (Å²) >= 11 is 0. The van der Waals surface area contributed by atoms with E-state index in [2.05, 4.69) is 4.98 Å². The van der Waals surface area contributed by atoms with Crippen LogP contribution in [0.15, 0.2) is 18.2 Å². The number of aromatic amines is 1. The van der Waals surface area contributed by atoms with E-state index in [4.69, 9.17) is 9.47 Å². The van der Waals surface area contributed by atoms with Crippen molar-refractivity contribution in [2.75, 3.05) is 6.61 Å². The van der Waals surface area contributed by atoms with Gasteiger partial charge in [-0.1, -0.05) is 0 Å². The summed E-state index contributed by atoms with van der Waals surface area (Å²) in [7, 11) is 0. The summed E-state index contributed by atoms with van der Waals surface area (Å²) < 4.78 is 10.1. The smallest absolute Gasteiger partial charge is 0.347 e. The van der Waals surface area contributed by atoms with Crippen LogP contribution in [-0.4, -0.2) is 29.6 Å². The number of carbonyl (C=O) groups excluding carboxylic acids is 2. The van der Waals surface area contributed by atoms with Crippen molar-refractivity contribution in [3.05, 3.63) is 35.0 Å². The van der Waals surface area contributed by atoms with Crippen LogP contribution >= 0.6 is 0 Å². The molecule has 1 aliphatic heterocycles. The molecule has 1 aromatic heterocycles. The molecule has 1 aliphatic carbocycles. The molecule has 1 aromatic carbocycles. The van der Waals surface area contributed by atoms with Crippen LogP contribution in [0.3, 0.4) is 0 Å². The average Bonchev–Trinajstić information content (AvgIpc) is 3.10. The molecule has 0 saturated carbocycles. The number of hydrogen-bond donors (Lipinski definition) is 1. The number of H-pyrrole nitrogens is 1. The minimum Gasteiger partial charge on any atom is -0.463 e. The van der Waals surface area contributed by atoms with Crippen LogP contribution in [0.25, 0.3) is 10.9 Å². The fourth-order valence-electron chi connectivity index (χ4n) is 3.31. The van der Waals surface area contributed by atoms with Gasteiger partial charge in [0.05, 0.1) is 12.2 Å². The van der Waals surface area contributed by atoms with Crippen LogP contribution in [0, 0.1) is 0 Å². The molecule has 0 radical (unpaired) electrons. The molecule has 22 heavy (non-hydrogen) atoms. The van der Waals surface area contributed by atoms with E-state index >= 15 is 0 Å². The van der Waals surface area contributed by atoms with Crippen molar-refractivity contribution in [2.45, 2.75) is 38.2 Å². The molecular formula is C17H17NO4. The molecule has 1 saturated heterocycles. The van der Waals surface area contributed by atoms with Gasteiger partial charge in [0.1, 0.15) is 0 Å². The number of hydrogen-bond acceptors (Lipinski definition) is 4. The number of fused-ring (bicyclic) bond motifs is 3. The first-order chi connectivity index (χ1) is 10.7. The Kier molecular flexibility index (Phi) is 3.13. The fourth-order valence-corrected chi connectivity index (χ4v) is 3.31. The van der Waals surface area contributed by atoms with Crippen molar-refractivity contribution >= 4 is 22.8 Å². The lowest BCUT2D eigenvalue weighted by atomic mass is 9.95. The van der Waals surface area contributed by atoms with Crippen molar-refractivity contribution < 1.29 is 19.1 Å². The predicted octanol–water partition coefficient (Wildman–Crippen LogP) is 2.52. The minimum absolute atomic E-state index is 0.321. The summed E-state index contributed by atoms with van der Waals surface area (Å²) in [5.41, 5.74) is 4.14. The lowest BCUT2D eigenvalue weighted by molar-refractivity contribution is -0.145. The predicted molar refractivity (Wildman–Crippen MR) is 79.7 cm³/mol. The van der Waals surface area contributed by atoms with Crippen molar-refractivity contribution in [1.82, 2.24) is 4.98 Å². The SMILES string of the molecule is O=C(O[C@H]1CCOC1=O)c1ccc2[nH]c3c(c2c1)CCCC3. The first kappa shape index (κ1) is 13.4. The van der Waals surface area contributed by atoms with Crippen molar-refractivity contribution in [2.24, 2.45) is 0 Å². The Morgan fingerprint density at radius 2 is 2.14 bits per heavy atom. The van der Waals surface area contributed by atoms with Gasteiger partial charge in [-0.05, 0) is 49.4 Å². The third-order valence-electron chi connectivity index (χ3n) is 4.47. The molecule has 1 fully saturated rings. The second-order valence-corrected chi connectivity index (χ2v) is 5.90. The summed E-state index contributed by atoms with van der Waals surface area (Å²) in [6, 6.07) is 5.53. The number of cyclic esters (lactones) is 1. The second-order valence-electron chi connectivity index (χ2n) is 5.90. The van der Waals surface area contributed by atoms with Gasteiger partial charge in [-0.2, -0.15) is 0 Å². The summed E-state index contributed by atoms with van der Waals surface area (Å²) in [5, 5.41) is 1.10. The maximum absolute atomic E-state index is 12.2. The third-order valence-corrected chi connectivity index (χ3v) is 4.47. The number of ether oxygens (including phenoxy) is 2. The van der Waals surface area contributed by atoms with E-state index in [1.165, 1.54) is 24.1 Å². The Labute approximate surface area is 127 Å². The zero-order valence-electron chi connectivity index (χ0n) is 12.2. The zero-order chi connectivity index (χ0) is 15.1. The summed E-state index contributed by atoms with van der Waals surface area (Å²) in [6.45, 7) is 0.321. The molecule has 2 aromatic rings. The van der Waals surface area contributed by atoms with Crippen molar-refractivity contribution in [3.8, 4) is 0 Å². The lowest BCUT2D eigenvalue weighted by Crippen LogP contribution is -2.22. The molecular weight excluding hydrogens is 282 g/mol. The van der Waals surface area contributed by atoms with Gasteiger partial charge in [0.15, 0.2) is 0 Å². The second kappa shape index (κ2) is 5.16. The number of nitrogens with one attached hydrogen (secondary N) is 1. The molecule has 0 amide bonds. The Balaban J connectivity index is 1.64. The van der Waals surface area contributed by atoms with Crippen LogP contribution in [0.4, 0.5) is 0 Å². The van der Waals surface area contributed by atoms with E-state index in [9.17, 15) is 9.59 Å². The first-order valence-electron chi connectivity index (χ1n) is 7.73. The van der Waals surface area contributed by atoms with Crippen LogP contribution in [-0.2, 0) is 27.1 Å². The van der Waals surface area contributed by atoms with E-state index < -0.39 is 18.0 Å². The van der Waals surface area contributed by atoms with Gasteiger partial charge in [-0.25, -0.2) is 9.59 Å². The summed E-state index contributed by atoms with van der Waals surface area (Å²) in [6.07, 6.45) is 4.18. The van der Waals surface area contributed by atoms with Crippen molar-refractivity contribution in [3.63, 3.8) is 0 Å². The van der Waals surface area contributed by atoms with E-state index in [0.29, 0.717) is 18.6 Å². The number of benzene rings is 1. The number of esters is 2. The average molecular weight is 299 g/mol. The van der Waals surface area contributed by atoms with E-state index in [0.717, 1.165) is 23.7 Å². The fraction of sp³-hybridized carbons (Fsp3) is 0.412. The van der Waals surface area contributed by atoms with Crippen molar-refractivity contribution in [1.29, 1.82) is 0 Å². The number of carbonyl (C=O) groups is 2. The highest BCUT2D eigenvalue weighted by Gasteiger charge is 2.30. The van der Waals surface area contributed by atoms with E-state index in [1.54, 1.807) is 6.07 Å². The van der Waals surface area contributed by atoms with Gasteiger partial charge in [0.2, 0.25) is 6.10 Å². The monoisotopic (exact) mass is 299 g/mol. The molecule has 1 N–H and O–H groups in total. The highest BCUT2D eigenvalue weighted by molar-refractivity contribution is 5.97. The Hall–Kier alpha value is -2.30. The van der Waals surface area contributed by atoms with E-state index in [1.807, 2.05) is 12.1 Å². The topological polar surface area (TPSA) is 68.4 Å². The van der Waals surface area contributed by atoms with Gasteiger partial charge in [-0.3, -0.25) is 0 Å². The zero-order valence-corrected chi connectivity index (χ0v) is 12.2. The third kappa shape index (κ3) is 2.17. The molecule has 5 heteroatoms. The Morgan fingerprint density at radius 1 is 1.27 bits per heavy atom. The number of rotatable bonds is 2. The van der Waals surface area contributed by atoms with E-state index in [-0.39, 0.29) is 0 Å². The first-order valence-corrected chi connectivity index (χ1v) is 7.73. The van der Waals surface area contributed by atoms with Crippen LogP contribution in [0.5, 0.6) is 0 Å². The maximum Gasteiger partial charge on any atom is 0.347 e. The molecule has 5 nitrogen and oxygen atoms in total. The van der Waals surface area contributed by atoms with Gasteiger partial charge >= 0.3 is 11.9 Å². The summed E-state index contributed by atoms with van der Waals surface area (Å²) in [4.78, 5) is 27.1. The van der Waals surface area contributed by atoms with Gasteiger partial charge in [0.25, 0.3) is 0 Å².